The molecule has 1 unspecified atom stereocenters. The Morgan fingerprint density at radius 2 is 1.68 bits per heavy atom. The van der Waals surface area contributed by atoms with Gasteiger partial charge in [-0.05, 0) is 65.3 Å². The number of hydrogen-bond acceptors (Lipinski definition) is 3. The van der Waals surface area contributed by atoms with Crippen LogP contribution >= 0.6 is 0 Å². The Morgan fingerprint density at radius 1 is 1.11 bits per heavy atom. The van der Waals surface area contributed by atoms with Gasteiger partial charge in [-0.15, -0.1) is 0 Å². The number of Topliss-reactive ketones (excluding diaryl/α,β-unsaturated/α-hetero) is 1. The predicted octanol–water partition coefficient (Wildman–Crippen LogP) is 2.41. The molecule has 3 heteroatoms. The van der Waals surface area contributed by atoms with Crippen molar-refractivity contribution >= 4 is 5.78 Å². The molecule has 0 amide bonds. The van der Waals surface area contributed by atoms with Crippen LogP contribution in [0.15, 0.2) is 0 Å². The molecule has 0 spiro atoms. The van der Waals surface area contributed by atoms with Crippen molar-refractivity contribution in [1.29, 1.82) is 0 Å². The van der Waals surface area contributed by atoms with Crippen molar-refractivity contribution in [2.24, 2.45) is 11.8 Å². The number of nitrogens with zero attached hydrogens (tertiary/aromatic N) is 2. The van der Waals surface area contributed by atoms with E-state index in [0.717, 1.165) is 38.4 Å². The predicted molar refractivity (Wildman–Crippen MR) is 79.3 cm³/mol. The molecule has 2 heterocycles. The third-order valence-electron chi connectivity index (χ3n) is 5.23. The van der Waals surface area contributed by atoms with Gasteiger partial charge < -0.3 is 9.80 Å². The third-order valence-corrected chi connectivity index (χ3v) is 5.23. The maximum atomic E-state index is 12.2. The zero-order chi connectivity index (χ0) is 13.8. The molecular weight excluding hydrogens is 236 g/mol. The lowest BCUT2D eigenvalue weighted by molar-refractivity contribution is -0.128. The van der Waals surface area contributed by atoms with Crippen LogP contribution in [0.5, 0.6) is 0 Å². The average Bonchev–Trinajstić information content (AvgIpc) is 2.46. The number of carbonyl (C=O) groups excluding carboxylic acids is 1. The second-order valence-corrected chi connectivity index (χ2v) is 6.56. The van der Waals surface area contributed by atoms with E-state index in [1.54, 1.807) is 0 Å². The van der Waals surface area contributed by atoms with Gasteiger partial charge in [0.1, 0.15) is 5.78 Å². The molecule has 3 nitrogen and oxygen atoms in total. The van der Waals surface area contributed by atoms with Crippen LogP contribution in [0.1, 0.15) is 46.0 Å². The molecule has 0 aromatic rings. The Bertz CT molecular complexity index is 289. The quantitative estimate of drug-likeness (QED) is 0.781. The topological polar surface area (TPSA) is 23.6 Å². The van der Waals surface area contributed by atoms with Crippen molar-refractivity contribution in [2.45, 2.75) is 52.0 Å². The number of piperidine rings is 2. The first kappa shape index (κ1) is 15.0. The normalized spacial score (nSPS) is 26.5. The summed E-state index contributed by atoms with van der Waals surface area (Å²) in [5.74, 6) is 1.13. The monoisotopic (exact) mass is 266 g/mol. The van der Waals surface area contributed by atoms with Gasteiger partial charge in [-0.2, -0.15) is 0 Å². The van der Waals surface area contributed by atoms with E-state index < -0.39 is 0 Å². The molecule has 19 heavy (non-hydrogen) atoms. The second-order valence-electron chi connectivity index (χ2n) is 6.56. The van der Waals surface area contributed by atoms with Crippen molar-refractivity contribution < 1.29 is 4.79 Å². The van der Waals surface area contributed by atoms with E-state index >= 15 is 0 Å². The number of carbonyl (C=O) groups is 1. The van der Waals surface area contributed by atoms with Crippen molar-refractivity contribution in [3.8, 4) is 0 Å². The Morgan fingerprint density at radius 3 is 2.21 bits per heavy atom. The van der Waals surface area contributed by atoms with Crippen molar-refractivity contribution in [3.63, 3.8) is 0 Å². The van der Waals surface area contributed by atoms with Gasteiger partial charge in [0.15, 0.2) is 0 Å². The van der Waals surface area contributed by atoms with Crippen LogP contribution in [0.3, 0.4) is 0 Å². The number of rotatable bonds is 4. The summed E-state index contributed by atoms with van der Waals surface area (Å²) in [4.78, 5) is 17.3. The molecule has 0 radical (unpaired) electrons. The Labute approximate surface area is 118 Å². The van der Waals surface area contributed by atoms with Crippen LogP contribution in [-0.2, 0) is 4.79 Å². The van der Waals surface area contributed by atoms with Gasteiger partial charge in [0.2, 0.25) is 0 Å². The van der Waals surface area contributed by atoms with E-state index in [0.29, 0.717) is 11.7 Å². The highest BCUT2D eigenvalue weighted by molar-refractivity contribution is 5.83. The summed E-state index contributed by atoms with van der Waals surface area (Å²) in [5, 5.41) is 0. The van der Waals surface area contributed by atoms with Crippen LogP contribution in [0.2, 0.25) is 0 Å². The van der Waals surface area contributed by atoms with E-state index in [1.165, 1.54) is 25.9 Å². The van der Waals surface area contributed by atoms with Gasteiger partial charge in [0.25, 0.3) is 0 Å². The highest BCUT2D eigenvalue weighted by Crippen LogP contribution is 2.26. The molecule has 2 aliphatic heterocycles. The van der Waals surface area contributed by atoms with Crippen LogP contribution in [0, 0.1) is 11.8 Å². The Hall–Kier alpha value is -0.410. The number of hydrogen-bond donors (Lipinski definition) is 0. The molecule has 2 aliphatic rings. The summed E-state index contributed by atoms with van der Waals surface area (Å²) in [7, 11) is 2.22. The van der Waals surface area contributed by atoms with Gasteiger partial charge in [-0.25, -0.2) is 0 Å². The highest BCUT2D eigenvalue weighted by atomic mass is 16.1. The van der Waals surface area contributed by atoms with Crippen molar-refractivity contribution in [1.82, 2.24) is 9.80 Å². The Balaban J connectivity index is 1.77. The fraction of sp³-hybridized carbons (Fsp3) is 0.938. The summed E-state index contributed by atoms with van der Waals surface area (Å²) in [6.07, 6.45) is 5.79. The average molecular weight is 266 g/mol. The van der Waals surface area contributed by atoms with Crippen molar-refractivity contribution in [3.05, 3.63) is 0 Å². The number of likely N-dealkylation sites (tertiary alicyclic amines) is 2. The molecule has 2 rings (SSSR count). The van der Waals surface area contributed by atoms with Crippen LogP contribution in [0.4, 0.5) is 0 Å². The molecule has 0 bridgehead atoms. The maximum Gasteiger partial charge on any atom is 0.138 e. The Kier molecular flexibility index (Phi) is 5.40. The van der Waals surface area contributed by atoms with Gasteiger partial charge in [0, 0.05) is 17.9 Å². The minimum atomic E-state index is 0.264. The van der Waals surface area contributed by atoms with Crippen LogP contribution in [0.25, 0.3) is 0 Å². The molecule has 1 atom stereocenters. The van der Waals surface area contributed by atoms with Crippen molar-refractivity contribution in [2.75, 3.05) is 33.2 Å². The largest absolute Gasteiger partial charge is 0.306 e. The summed E-state index contributed by atoms with van der Waals surface area (Å²) < 4.78 is 0. The number of ketones is 1. The molecule has 0 saturated carbocycles. The first-order valence-electron chi connectivity index (χ1n) is 8.08. The highest BCUT2D eigenvalue weighted by Gasteiger charge is 2.31. The lowest BCUT2D eigenvalue weighted by atomic mass is 9.84. The van der Waals surface area contributed by atoms with Gasteiger partial charge in [-0.1, -0.05) is 13.8 Å². The molecule has 0 N–H and O–H groups in total. The lowest BCUT2D eigenvalue weighted by Gasteiger charge is -2.41. The van der Waals surface area contributed by atoms with E-state index in [-0.39, 0.29) is 5.92 Å². The minimum absolute atomic E-state index is 0.264. The van der Waals surface area contributed by atoms with E-state index in [4.69, 9.17) is 0 Å². The maximum absolute atomic E-state index is 12.2. The van der Waals surface area contributed by atoms with Gasteiger partial charge >= 0.3 is 0 Å². The molecule has 110 valence electrons. The molecule has 0 aromatic heterocycles. The zero-order valence-electron chi connectivity index (χ0n) is 12.9. The summed E-state index contributed by atoms with van der Waals surface area (Å²) in [5.41, 5.74) is 0. The first-order valence-corrected chi connectivity index (χ1v) is 8.08. The standard InChI is InChI=1S/C16H30N2O/c1-4-13(2)16(19)14-5-11-18(12-6-14)15-7-9-17(3)10-8-15/h13-15H,4-12H2,1-3H3. The zero-order valence-corrected chi connectivity index (χ0v) is 12.9. The fourth-order valence-corrected chi connectivity index (χ4v) is 3.51. The lowest BCUT2D eigenvalue weighted by Crippen LogP contribution is -2.47. The van der Waals surface area contributed by atoms with E-state index in [1.807, 2.05) is 0 Å². The van der Waals surface area contributed by atoms with Gasteiger partial charge in [0.05, 0.1) is 0 Å². The second kappa shape index (κ2) is 6.85. The molecule has 2 fully saturated rings. The smallest absolute Gasteiger partial charge is 0.138 e. The summed E-state index contributed by atoms with van der Waals surface area (Å²) in [6, 6.07) is 0.774. The first-order chi connectivity index (χ1) is 9.11. The van der Waals surface area contributed by atoms with E-state index in [2.05, 4.69) is 30.7 Å². The molecular formula is C16H30N2O. The minimum Gasteiger partial charge on any atom is -0.306 e. The summed E-state index contributed by atoms with van der Waals surface area (Å²) >= 11 is 0. The van der Waals surface area contributed by atoms with E-state index in [9.17, 15) is 4.79 Å². The third kappa shape index (κ3) is 3.79. The SMILES string of the molecule is CCC(C)C(=O)C1CCN(C2CCN(C)CC2)CC1. The molecule has 0 aliphatic carbocycles. The van der Waals surface area contributed by atoms with Gasteiger partial charge in [-0.3, -0.25) is 4.79 Å². The molecule has 2 saturated heterocycles. The summed E-state index contributed by atoms with van der Waals surface area (Å²) in [6.45, 7) is 8.96. The molecule has 0 aromatic carbocycles. The van der Waals surface area contributed by atoms with Crippen LogP contribution in [-0.4, -0.2) is 54.9 Å². The fourth-order valence-electron chi connectivity index (χ4n) is 3.51. The van der Waals surface area contributed by atoms with Crippen LogP contribution < -0.4 is 0 Å².